The summed E-state index contributed by atoms with van der Waals surface area (Å²) in [6.45, 7) is 3.97. The first-order chi connectivity index (χ1) is 9.22. The second-order valence-corrected chi connectivity index (χ2v) is 4.87. The predicted octanol–water partition coefficient (Wildman–Crippen LogP) is 3.59. The van der Waals surface area contributed by atoms with Crippen LogP contribution in [-0.4, -0.2) is 23.3 Å². The van der Waals surface area contributed by atoms with E-state index in [-0.39, 0.29) is 0 Å². The summed E-state index contributed by atoms with van der Waals surface area (Å²) >= 11 is 12.2. The Hall–Kier alpha value is -1.10. The third-order valence-corrected chi connectivity index (χ3v) is 3.27. The molecule has 0 fully saturated rings. The summed E-state index contributed by atoms with van der Waals surface area (Å²) in [5, 5.41) is 12.3. The number of nitrogens with one attached hydrogen (secondary N) is 1. The summed E-state index contributed by atoms with van der Waals surface area (Å²) in [5.41, 5.74) is 0.594. The van der Waals surface area contributed by atoms with Crippen molar-refractivity contribution in [1.29, 1.82) is 0 Å². The SMILES string of the molecule is CCNCCCc1nnc(-c2c(Cl)cccc2Cl)o1. The quantitative estimate of drug-likeness (QED) is 0.828. The molecule has 0 amide bonds. The van der Waals surface area contributed by atoms with Crippen LogP contribution in [0.2, 0.25) is 10.0 Å². The minimum absolute atomic E-state index is 0.369. The lowest BCUT2D eigenvalue weighted by Crippen LogP contribution is -2.14. The van der Waals surface area contributed by atoms with Crippen LogP contribution in [0, 0.1) is 0 Å². The van der Waals surface area contributed by atoms with Crippen LogP contribution in [0.3, 0.4) is 0 Å². The molecule has 0 bridgehead atoms. The first-order valence-corrected chi connectivity index (χ1v) is 6.95. The molecular weight excluding hydrogens is 285 g/mol. The lowest BCUT2D eigenvalue weighted by Gasteiger charge is -2.01. The van der Waals surface area contributed by atoms with Gasteiger partial charge in [-0.15, -0.1) is 10.2 Å². The van der Waals surface area contributed by atoms with Gasteiger partial charge in [-0.05, 0) is 31.6 Å². The summed E-state index contributed by atoms with van der Waals surface area (Å²) in [5.74, 6) is 0.970. The fourth-order valence-electron chi connectivity index (χ4n) is 1.70. The lowest BCUT2D eigenvalue weighted by atomic mass is 10.2. The fourth-order valence-corrected chi connectivity index (χ4v) is 2.26. The van der Waals surface area contributed by atoms with Gasteiger partial charge in [-0.2, -0.15) is 0 Å². The van der Waals surface area contributed by atoms with Crippen molar-refractivity contribution in [1.82, 2.24) is 15.5 Å². The van der Waals surface area contributed by atoms with Crippen LogP contribution in [0.4, 0.5) is 0 Å². The Bertz CT molecular complexity index is 522. The van der Waals surface area contributed by atoms with Crippen molar-refractivity contribution < 1.29 is 4.42 Å². The molecule has 0 aliphatic carbocycles. The monoisotopic (exact) mass is 299 g/mol. The van der Waals surface area contributed by atoms with Gasteiger partial charge in [0.25, 0.3) is 5.89 Å². The standard InChI is InChI=1S/C13H15Cl2N3O/c1-2-16-8-4-7-11-17-18-13(19-11)12-9(14)5-3-6-10(12)15/h3,5-6,16H,2,4,7-8H2,1H3. The molecule has 0 radical (unpaired) electrons. The Kier molecular flexibility index (Phi) is 5.19. The highest BCUT2D eigenvalue weighted by molar-refractivity contribution is 6.38. The van der Waals surface area contributed by atoms with Crippen LogP contribution in [0.15, 0.2) is 22.6 Å². The Morgan fingerprint density at radius 3 is 2.63 bits per heavy atom. The van der Waals surface area contributed by atoms with Crippen molar-refractivity contribution in [3.05, 3.63) is 34.1 Å². The van der Waals surface area contributed by atoms with E-state index in [0.717, 1.165) is 25.9 Å². The summed E-state index contributed by atoms with van der Waals surface area (Å²) in [6.07, 6.45) is 1.69. The van der Waals surface area contributed by atoms with Gasteiger partial charge in [0.15, 0.2) is 0 Å². The number of hydrogen-bond acceptors (Lipinski definition) is 4. The average Bonchev–Trinajstić information content (AvgIpc) is 2.83. The summed E-state index contributed by atoms with van der Waals surface area (Å²) in [6, 6.07) is 5.28. The molecule has 4 nitrogen and oxygen atoms in total. The van der Waals surface area contributed by atoms with Crippen LogP contribution in [-0.2, 0) is 6.42 Å². The number of halogens is 2. The number of aryl methyl sites for hydroxylation is 1. The molecule has 102 valence electrons. The smallest absolute Gasteiger partial charge is 0.250 e. The van der Waals surface area contributed by atoms with E-state index in [2.05, 4.69) is 22.4 Å². The van der Waals surface area contributed by atoms with Crippen molar-refractivity contribution in [2.45, 2.75) is 19.8 Å². The highest BCUT2D eigenvalue weighted by Gasteiger charge is 2.15. The number of benzene rings is 1. The molecular formula is C13H15Cl2N3O. The second-order valence-electron chi connectivity index (χ2n) is 4.05. The molecule has 0 aliphatic rings. The maximum absolute atomic E-state index is 6.10. The van der Waals surface area contributed by atoms with E-state index in [9.17, 15) is 0 Å². The third-order valence-electron chi connectivity index (χ3n) is 2.64. The summed E-state index contributed by atoms with van der Waals surface area (Å²) in [4.78, 5) is 0. The highest BCUT2D eigenvalue weighted by atomic mass is 35.5. The van der Waals surface area contributed by atoms with Crippen molar-refractivity contribution in [3.63, 3.8) is 0 Å². The Morgan fingerprint density at radius 2 is 1.95 bits per heavy atom. The molecule has 1 N–H and O–H groups in total. The second kappa shape index (κ2) is 6.89. The molecule has 0 unspecified atom stereocenters. The zero-order valence-electron chi connectivity index (χ0n) is 10.6. The number of aromatic nitrogens is 2. The average molecular weight is 300 g/mol. The number of nitrogens with zero attached hydrogens (tertiary/aromatic N) is 2. The molecule has 1 aromatic carbocycles. The molecule has 2 aromatic rings. The number of hydrogen-bond donors (Lipinski definition) is 1. The van der Waals surface area contributed by atoms with Crippen LogP contribution >= 0.6 is 23.2 Å². The Labute approximate surface area is 122 Å². The van der Waals surface area contributed by atoms with E-state index in [1.165, 1.54) is 0 Å². The maximum atomic E-state index is 6.10. The number of rotatable bonds is 6. The molecule has 0 spiro atoms. The van der Waals surface area contributed by atoms with E-state index >= 15 is 0 Å². The van der Waals surface area contributed by atoms with Gasteiger partial charge >= 0.3 is 0 Å². The van der Waals surface area contributed by atoms with Gasteiger partial charge < -0.3 is 9.73 Å². The van der Waals surface area contributed by atoms with Gasteiger partial charge in [0.05, 0.1) is 15.6 Å². The molecule has 2 rings (SSSR count). The van der Waals surface area contributed by atoms with Crippen LogP contribution in [0.1, 0.15) is 19.2 Å². The molecule has 0 saturated heterocycles. The van der Waals surface area contributed by atoms with Gasteiger partial charge in [0.2, 0.25) is 5.89 Å². The first kappa shape index (κ1) is 14.3. The Morgan fingerprint density at radius 1 is 1.21 bits per heavy atom. The van der Waals surface area contributed by atoms with E-state index in [0.29, 0.717) is 27.4 Å². The molecule has 1 aromatic heterocycles. The van der Waals surface area contributed by atoms with E-state index < -0.39 is 0 Å². The van der Waals surface area contributed by atoms with Crippen molar-refractivity contribution >= 4 is 23.2 Å². The molecule has 0 atom stereocenters. The van der Waals surface area contributed by atoms with Gasteiger partial charge in [-0.25, -0.2) is 0 Å². The van der Waals surface area contributed by atoms with Gasteiger partial charge in [0.1, 0.15) is 0 Å². The third kappa shape index (κ3) is 3.69. The van der Waals surface area contributed by atoms with Crippen molar-refractivity contribution in [2.24, 2.45) is 0 Å². The van der Waals surface area contributed by atoms with Crippen molar-refractivity contribution in [3.8, 4) is 11.5 Å². The zero-order valence-corrected chi connectivity index (χ0v) is 12.1. The minimum Gasteiger partial charge on any atom is -0.421 e. The molecule has 19 heavy (non-hydrogen) atoms. The molecule has 6 heteroatoms. The molecule has 0 aliphatic heterocycles. The van der Waals surface area contributed by atoms with Crippen LogP contribution < -0.4 is 5.32 Å². The van der Waals surface area contributed by atoms with Gasteiger partial charge in [-0.3, -0.25) is 0 Å². The fraction of sp³-hybridized carbons (Fsp3) is 0.385. The topological polar surface area (TPSA) is 51.0 Å². The normalized spacial score (nSPS) is 10.9. The van der Waals surface area contributed by atoms with Crippen LogP contribution in [0.5, 0.6) is 0 Å². The van der Waals surface area contributed by atoms with Gasteiger partial charge in [0, 0.05) is 6.42 Å². The minimum atomic E-state index is 0.369. The van der Waals surface area contributed by atoms with E-state index in [4.69, 9.17) is 27.6 Å². The van der Waals surface area contributed by atoms with Crippen LogP contribution in [0.25, 0.3) is 11.5 Å². The zero-order chi connectivity index (χ0) is 13.7. The predicted molar refractivity (Wildman–Crippen MR) is 76.6 cm³/mol. The summed E-state index contributed by atoms with van der Waals surface area (Å²) < 4.78 is 5.59. The lowest BCUT2D eigenvalue weighted by molar-refractivity contribution is 0.492. The molecule has 0 saturated carbocycles. The highest BCUT2D eigenvalue weighted by Crippen LogP contribution is 2.33. The first-order valence-electron chi connectivity index (χ1n) is 6.20. The van der Waals surface area contributed by atoms with Crippen molar-refractivity contribution in [2.75, 3.05) is 13.1 Å². The largest absolute Gasteiger partial charge is 0.421 e. The van der Waals surface area contributed by atoms with Gasteiger partial charge in [-0.1, -0.05) is 36.2 Å². The van der Waals surface area contributed by atoms with E-state index in [1.807, 2.05) is 0 Å². The van der Waals surface area contributed by atoms with E-state index in [1.54, 1.807) is 18.2 Å². The summed E-state index contributed by atoms with van der Waals surface area (Å²) in [7, 11) is 0. The molecule has 1 heterocycles. The Balaban J connectivity index is 2.08. The maximum Gasteiger partial charge on any atom is 0.250 e.